The van der Waals surface area contributed by atoms with Gasteiger partial charge in [-0.25, -0.2) is 0 Å². The van der Waals surface area contributed by atoms with Crippen LogP contribution in [0.15, 0.2) is 4.99 Å². The molecule has 1 aromatic heterocycles. The summed E-state index contributed by atoms with van der Waals surface area (Å²) in [5.41, 5.74) is 0. The molecular weight excluding hydrogens is 350 g/mol. The SMILES string of the molecule is CCCN1CCC(NC(=NCCCc2nnc3n2CCCCC3)NCC)CC1. The normalized spacial score (nSPS) is 19.3. The molecule has 0 aromatic carbocycles. The third kappa shape index (κ3) is 6.19. The summed E-state index contributed by atoms with van der Waals surface area (Å²) >= 11 is 0. The Hall–Kier alpha value is -1.63. The maximum absolute atomic E-state index is 4.82. The molecule has 0 aliphatic carbocycles. The van der Waals surface area contributed by atoms with E-state index in [-0.39, 0.29) is 0 Å². The van der Waals surface area contributed by atoms with Gasteiger partial charge in [0, 0.05) is 51.6 Å². The molecular formula is C21H39N7. The molecule has 1 aromatic rings. The Balaban J connectivity index is 1.44. The standard InChI is InChI=1S/C21H39N7/c1-3-14-27-16-11-18(12-17-27)24-21(22-4-2)23-13-8-10-20-26-25-19-9-6-5-7-15-28(19)20/h18H,3-17H2,1-2H3,(H2,22,23,24). The van der Waals surface area contributed by atoms with E-state index in [0.29, 0.717) is 6.04 Å². The zero-order valence-electron chi connectivity index (χ0n) is 17.9. The van der Waals surface area contributed by atoms with Crippen LogP contribution in [0.4, 0.5) is 0 Å². The molecule has 0 spiro atoms. The second-order valence-corrected chi connectivity index (χ2v) is 8.12. The van der Waals surface area contributed by atoms with Crippen LogP contribution in [0.1, 0.15) is 70.4 Å². The molecule has 3 heterocycles. The number of hydrogen-bond donors (Lipinski definition) is 2. The Morgan fingerprint density at radius 2 is 1.96 bits per heavy atom. The van der Waals surface area contributed by atoms with Crippen molar-refractivity contribution in [3.63, 3.8) is 0 Å². The van der Waals surface area contributed by atoms with E-state index >= 15 is 0 Å². The van der Waals surface area contributed by atoms with Crippen LogP contribution in [0.5, 0.6) is 0 Å². The molecule has 28 heavy (non-hydrogen) atoms. The van der Waals surface area contributed by atoms with Crippen LogP contribution in [0, 0.1) is 0 Å². The van der Waals surface area contributed by atoms with Crippen molar-refractivity contribution in [3.8, 4) is 0 Å². The monoisotopic (exact) mass is 389 g/mol. The average molecular weight is 390 g/mol. The van der Waals surface area contributed by atoms with Gasteiger partial charge in [0.2, 0.25) is 0 Å². The van der Waals surface area contributed by atoms with Crippen molar-refractivity contribution in [2.75, 3.05) is 32.7 Å². The summed E-state index contributed by atoms with van der Waals surface area (Å²) in [6.07, 6.45) is 10.5. The van der Waals surface area contributed by atoms with Crippen LogP contribution in [-0.4, -0.2) is 64.4 Å². The van der Waals surface area contributed by atoms with Crippen molar-refractivity contribution in [1.29, 1.82) is 0 Å². The van der Waals surface area contributed by atoms with E-state index in [1.54, 1.807) is 0 Å². The quantitative estimate of drug-likeness (QED) is 0.406. The number of guanidine groups is 1. The number of hydrogen-bond acceptors (Lipinski definition) is 4. The van der Waals surface area contributed by atoms with Crippen molar-refractivity contribution >= 4 is 5.96 Å². The fourth-order valence-electron chi connectivity index (χ4n) is 4.29. The van der Waals surface area contributed by atoms with Gasteiger partial charge in [-0.3, -0.25) is 4.99 Å². The van der Waals surface area contributed by atoms with Gasteiger partial charge in [-0.1, -0.05) is 13.3 Å². The van der Waals surface area contributed by atoms with Gasteiger partial charge >= 0.3 is 0 Å². The van der Waals surface area contributed by atoms with Crippen molar-refractivity contribution in [3.05, 3.63) is 11.6 Å². The predicted molar refractivity (Wildman–Crippen MR) is 115 cm³/mol. The van der Waals surface area contributed by atoms with Gasteiger partial charge in [-0.15, -0.1) is 10.2 Å². The number of aryl methyl sites for hydroxylation is 2. The third-order valence-corrected chi connectivity index (χ3v) is 5.83. The zero-order valence-corrected chi connectivity index (χ0v) is 17.9. The summed E-state index contributed by atoms with van der Waals surface area (Å²) in [5.74, 6) is 3.30. The first-order valence-corrected chi connectivity index (χ1v) is 11.5. The highest BCUT2D eigenvalue weighted by atomic mass is 15.3. The summed E-state index contributed by atoms with van der Waals surface area (Å²) in [5, 5.41) is 15.9. The lowest BCUT2D eigenvalue weighted by Crippen LogP contribution is -2.48. The molecule has 7 heteroatoms. The van der Waals surface area contributed by atoms with Crippen LogP contribution >= 0.6 is 0 Å². The Labute approximate surface area is 170 Å². The number of nitrogens with one attached hydrogen (secondary N) is 2. The Morgan fingerprint density at radius 3 is 2.75 bits per heavy atom. The summed E-state index contributed by atoms with van der Waals surface area (Å²) in [6, 6.07) is 0.540. The number of nitrogens with zero attached hydrogens (tertiary/aromatic N) is 5. The van der Waals surface area contributed by atoms with E-state index in [9.17, 15) is 0 Å². The highest BCUT2D eigenvalue weighted by molar-refractivity contribution is 5.80. The molecule has 1 saturated heterocycles. The summed E-state index contributed by atoms with van der Waals surface area (Å²) in [4.78, 5) is 7.39. The van der Waals surface area contributed by atoms with Gasteiger partial charge in [0.15, 0.2) is 5.96 Å². The van der Waals surface area contributed by atoms with E-state index in [2.05, 4.69) is 44.1 Å². The smallest absolute Gasteiger partial charge is 0.191 e. The molecule has 3 rings (SSSR count). The van der Waals surface area contributed by atoms with Gasteiger partial charge in [0.05, 0.1) is 0 Å². The Kier molecular flexibility index (Phi) is 8.58. The van der Waals surface area contributed by atoms with Gasteiger partial charge in [0.1, 0.15) is 11.6 Å². The lowest BCUT2D eigenvalue weighted by atomic mass is 10.1. The van der Waals surface area contributed by atoms with Crippen LogP contribution in [0.25, 0.3) is 0 Å². The number of rotatable bonds is 8. The van der Waals surface area contributed by atoms with Crippen LogP contribution < -0.4 is 10.6 Å². The molecule has 0 unspecified atom stereocenters. The number of fused-ring (bicyclic) bond motifs is 1. The molecule has 2 aliphatic rings. The number of aliphatic imine (C=N–C) groups is 1. The van der Waals surface area contributed by atoms with E-state index in [1.807, 2.05) is 0 Å². The lowest BCUT2D eigenvalue weighted by molar-refractivity contribution is 0.206. The van der Waals surface area contributed by atoms with Crippen LogP contribution in [0.3, 0.4) is 0 Å². The minimum Gasteiger partial charge on any atom is -0.357 e. The highest BCUT2D eigenvalue weighted by Crippen LogP contribution is 2.15. The van der Waals surface area contributed by atoms with Gasteiger partial charge < -0.3 is 20.1 Å². The van der Waals surface area contributed by atoms with Gasteiger partial charge in [-0.2, -0.15) is 0 Å². The largest absolute Gasteiger partial charge is 0.357 e. The molecule has 1 fully saturated rings. The highest BCUT2D eigenvalue weighted by Gasteiger charge is 2.19. The van der Waals surface area contributed by atoms with Crippen molar-refractivity contribution in [2.24, 2.45) is 4.99 Å². The molecule has 2 N–H and O–H groups in total. The minimum absolute atomic E-state index is 0.540. The van der Waals surface area contributed by atoms with Crippen LogP contribution in [-0.2, 0) is 19.4 Å². The lowest BCUT2D eigenvalue weighted by Gasteiger charge is -2.32. The summed E-state index contributed by atoms with van der Waals surface area (Å²) < 4.78 is 2.35. The van der Waals surface area contributed by atoms with Gasteiger partial charge in [0.25, 0.3) is 0 Å². The fraction of sp³-hybridized carbons (Fsp3) is 0.857. The number of aromatic nitrogens is 3. The van der Waals surface area contributed by atoms with Crippen molar-refractivity contribution in [1.82, 2.24) is 30.3 Å². The third-order valence-electron chi connectivity index (χ3n) is 5.83. The Morgan fingerprint density at radius 1 is 1.11 bits per heavy atom. The number of piperidine rings is 1. The maximum atomic E-state index is 4.82. The first-order chi connectivity index (χ1) is 13.8. The molecule has 2 aliphatic heterocycles. The average Bonchev–Trinajstić information content (AvgIpc) is 2.93. The number of likely N-dealkylation sites (tertiary alicyclic amines) is 1. The van der Waals surface area contributed by atoms with Crippen molar-refractivity contribution in [2.45, 2.75) is 84.2 Å². The molecule has 0 atom stereocenters. The molecule has 0 saturated carbocycles. The summed E-state index contributed by atoms with van der Waals surface area (Å²) in [7, 11) is 0. The van der Waals surface area contributed by atoms with E-state index in [4.69, 9.17) is 4.99 Å². The van der Waals surface area contributed by atoms with E-state index < -0.39 is 0 Å². The molecule has 0 radical (unpaired) electrons. The van der Waals surface area contributed by atoms with Crippen LogP contribution in [0.2, 0.25) is 0 Å². The fourth-order valence-corrected chi connectivity index (χ4v) is 4.29. The van der Waals surface area contributed by atoms with Gasteiger partial charge in [-0.05, 0) is 52.0 Å². The topological polar surface area (TPSA) is 70.4 Å². The minimum atomic E-state index is 0.540. The first kappa shape index (κ1) is 21.1. The second-order valence-electron chi connectivity index (χ2n) is 8.12. The second kappa shape index (κ2) is 11.4. The molecule has 0 bridgehead atoms. The molecule has 0 amide bonds. The Bertz CT molecular complexity index is 602. The molecule has 158 valence electrons. The predicted octanol–water partition coefficient (Wildman–Crippen LogP) is 2.37. The van der Waals surface area contributed by atoms with E-state index in [0.717, 1.165) is 50.7 Å². The first-order valence-electron chi connectivity index (χ1n) is 11.5. The zero-order chi connectivity index (χ0) is 19.6. The summed E-state index contributed by atoms with van der Waals surface area (Å²) in [6.45, 7) is 10.8. The molecule has 7 nitrogen and oxygen atoms in total. The van der Waals surface area contributed by atoms with Crippen molar-refractivity contribution < 1.29 is 0 Å². The maximum Gasteiger partial charge on any atom is 0.191 e. The van der Waals surface area contributed by atoms with E-state index in [1.165, 1.54) is 64.0 Å².